The molecule has 0 fully saturated rings. The third kappa shape index (κ3) is 14.6. The summed E-state index contributed by atoms with van der Waals surface area (Å²) in [5.74, 6) is 1.30. The maximum atomic E-state index is 11.6. The number of allylic oxidation sites excluding steroid dienone is 12. The molecule has 6 N–H and O–H groups in total. The normalized spacial score (nSPS) is 17.2. The molecule has 0 saturated heterocycles. The Labute approximate surface area is 263 Å². The number of nitrogens with zero attached hydrogens (tertiary/aromatic N) is 1. The van der Waals surface area contributed by atoms with E-state index in [-0.39, 0.29) is 11.7 Å². The molecular formula is C37H47N5O2. The average molecular weight is 594 g/mol. The number of benzene rings is 1. The summed E-state index contributed by atoms with van der Waals surface area (Å²) in [4.78, 5) is 16.2. The summed E-state index contributed by atoms with van der Waals surface area (Å²) >= 11 is 0. The van der Waals surface area contributed by atoms with Crippen LogP contribution in [-0.4, -0.2) is 17.5 Å². The van der Waals surface area contributed by atoms with Gasteiger partial charge in [-0.3, -0.25) is 15.2 Å². The van der Waals surface area contributed by atoms with Crippen molar-refractivity contribution < 1.29 is 9.53 Å². The highest BCUT2D eigenvalue weighted by molar-refractivity contribution is 5.99. The minimum atomic E-state index is -0.0721. The van der Waals surface area contributed by atoms with Crippen LogP contribution in [0.15, 0.2) is 156 Å². The maximum Gasteiger partial charge on any atom is 0.255 e. The van der Waals surface area contributed by atoms with Gasteiger partial charge < -0.3 is 21.5 Å². The highest BCUT2D eigenvalue weighted by atomic mass is 16.5. The van der Waals surface area contributed by atoms with Crippen LogP contribution in [0.1, 0.15) is 63.7 Å². The Kier molecular flexibility index (Phi) is 18.0. The zero-order chi connectivity index (χ0) is 32.7. The molecule has 1 aliphatic rings. The van der Waals surface area contributed by atoms with E-state index in [2.05, 4.69) is 35.6 Å². The number of ether oxygens (including phenoxy) is 1. The summed E-state index contributed by atoms with van der Waals surface area (Å²) in [5, 5.41) is 10.6. The van der Waals surface area contributed by atoms with Gasteiger partial charge >= 0.3 is 0 Å². The van der Waals surface area contributed by atoms with Crippen molar-refractivity contribution >= 4 is 17.5 Å². The van der Waals surface area contributed by atoms with Crippen LogP contribution in [0, 0.1) is 5.41 Å². The second-order valence-corrected chi connectivity index (χ2v) is 9.59. The van der Waals surface area contributed by atoms with Gasteiger partial charge in [0.2, 0.25) is 0 Å². The minimum absolute atomic E-state index is 0.0483. The van der Waals surface area contributed by atoms with Gasteiger partial charge in [0.05, 0.1) is 5.70 Å². The second kappa shape index (κ2) is 21.5. The Morgan fingerprint density at radius 1 is 1.14 bits per heavy atom. The Balaban J connectivity index is 0.000000574. The largest absolute Gasteiger partial charge is 0.458 e. The molecule has 0 aromatic heterocycles. The number of rotatable bonds is 13. The summed E-state index contributed by atoms with van der Waals surface area (Å²) in [5.41, 5.74) is 15.1. The van der Waals surface area contributed by atoms with Gasteiger partial charge in [0.15, 0.2) is 0 Å². The first kappa shape index (κ1) is 36.9. The topological polar surface area (TPSA) is 127 Å². The summed E-state index contributed by atoms with van der Waals surface area (Å²) < 4.78 is 5.97. The van der Waals surface area contributed by atoms with Crippen LogP contribution in [0.5, 0.6) is 0 Å². The van der Waals surface area contributed by atoms with Gasteiger partial charge in [-0.1, -0.05) is 62.1 Å². The molecule has 7 nitrogen and oxygen atoms in total. The monoisotopic (exact) mass is 593 g/mol. The molecule has 0 heterocycles. The van der Waals surface area contributed by atoms with Crippen LogP contribution >= 0.6 is 0 Å². The van der Waals surface area contributed by atoms with Gasteiger partial charge in [-0.05, 0) is 100 Å². The third-order valence-electron chi connectivity index (χ3n) is 5.97. The summed E-state index contributed by atoms with van der Waals surface area (Å²) in [6.07, 6.45) is 25.8. The maximum absolute atomic E-state index is 11.6. The lowest BCUT2D eigenvalue weighted by Gasteiger charge is -2.10. The van der Waals surface area contributed by atoms with Crippen molar-refractivity contribution in [3.63, 3.8) is 0 Å². The number of hydrogen-bond donors (Lipinski definition) is 4. The molecular weight excluding hydrogens is 546 g/mol. The van der Waals surface area contributed by atoms with Gasteiger partial charge in [-0.15, -0.1) is 6.58 Å². The van der Waals surface area contributed by atoms with E-state index in [1.807, 2.05) is 75.4 Å². The lowest BCUT2D eigenvalue weighted by atomic mass is 10.1. The van der Waals surface area contributed by atoms with Crippen LogP contribution < -0.4 is 16.8 Å². The Morgan fingerprint density at radius 3 is 2.45 bits per heavy atom. The molecule has 1 amide bonds. The Bertz CT molecular complexity index is 1410. The number of nitrogens with one attached hydrogen (secondary N) is 2. The van der Waals surface area contributed by atoms with Crippen molar-refractivity contribution in [2.75, 3.05) is 0 Å². The number of aliphatic imine (C=N–C) groups is 1. The van der Waals surface area contributed by atoms with Gasteiger partial charge in [-0.2, -0.15) is 0 Å². The van der Waals surface area contributed by atoms with Crippen LogP contribution in [-0.2, 0) is 4.74 Å². The average Bonchev–Trinajstić information content (AvgIpc) is 2.99. The summed E-state index contributed by atoms with van der Waals surface area (Å²) in [6.45, 7) is 15.4. The first-order valence-electron chi connectivity index (χ1n) is 14.6. The van der Waals surface area contributed by atoms with Gasteiger partial charge in [0, 0.05) is 29.0 Å². The van der Waals surface area contributed by atoms with Crippen LogP contribution in [0.25, 0.3) is 0 Å². The molecule has 232 valence electrons. The molecule has 1 aromatic carbocycles. The molecule has 7 heteroatoms. The predicted molar refractivity (Wildman–Crippen MR) is 187 cm³/mol. The number of nitrogens with two attached hydrogens (primary N) is 2. The molecule has 2 rings (SSSR count). The smallest absolute Gasteiger partial charge is 0.255 e. The van der Waals surface area contributed by atoms with Crippen LogP contribution in [0.3, 0.4) is 0 Å². The number of hydrogen-bond acceptors (Lipinski definition) is 5. The molecule has 0 atom stereocenters. The standard InChI is InChI=1S/C25H32N4O.C12H15NO/c1-5-12-21(17-18-26)29-24(20(4)25(27)28)19(3)15-16-22(6-2)30-23-13-10-8-7-9-11-14-23;1-3-7-10(2)13-12(14)11-8-5-4-6-9-11/h5-6,8,10-11,13-18H,1,3,7,9,12,26H2,2,4H3,(H3,27,28);4-9H,3H2,1-2H3,(H,13,14)/b10-8-,14-11-,16-15-,18-17+,22-6+,23-13+,24-20+,29-21+;10-7+. The number of amides is 1. The van der Waals surface area contributed by atoms with E-state index in [9.17, 15) is 4.79 Å². The van der Waals surface area contributed by atoms with Gasteiger partial charge in [0.1, 0.15) is 17.4 Å². The highest BCUT2D eigenvalue weighted by Gasteiger charge is 2.09. The molecule has 44 heavy (non-hydrogen) atoms. The predicted octanol–water partition coefficient (Wildman–Crippen LogP) is 8.24. The number of carbonyl (C=O) groups excluding carboxylic acids is 1. The first-order chi connectivity index (χ1) is 21.2. The minimum Gasteiger partial charge on any atom is -0.458 e. The lowest BCUT2D eigenvalue weighted by molar-refractivity contribution is 0.0966. The Morgan fingerprint density at radius 2 is 1.84 bits per heavy atom. The molecule has 1 aliphatic carbocycles. The second-order valence-electron chi connectivity index (χ2n) is 9.59. The molecule has 0 spiro atoms. The van der Waals surface area contributed by atoms with Crippen molar-refractivity contribution in [1.82, 2.24) is 5.32 Å². The third-order valence-corrected chi connectivity index (χ3v) is 5.97. The van der Waals surface area contributed by atoms with Gasteiger partial charge in [0.25, 0.3) is 5.91 Å². The van der Waals surface area contributed by atoms with E-state index in [1.165, 1.54) is 6.20 Å². The zero-order valence-corrected chi connectivity index (χ0v) is 26.5. The SMILES string of the molecule is C=CCC(/C=C/N)=N\C(C(=C)/C=C\C(=C/C)OC1=C/C=C\CC/C=C\1)=C(/C)C(=N)N.CC/C=C(\C)NC(=O)c1ccccc1. The molecule has 0 aliphatic heterocycles. The van der Waals surface area contributed by atoms with E-state index < -0.39 is 0 Å². The van der Waals surface area contributed by atoms with E-state index >= 15 is 0 Å². The van der Waals surface area contributed by atoms with Crippen LogP contribution in [0.2, 0.25) is 0 Å². The molecule has 1 aromatic rings. The molecule has 0 bridgehead atoms. The van der Waals surface area contributed by atoms with Crippen molar-refractivity contribution in [2.45, 2.75) is 53.4 Å². The van der Waals surface area contributed by atoms with Crippen molar-refractivity contribution in [3.8, 4) is 0 Å². The molecule has 0 saturated carbocycles. The fraction of sp³-hybridized carbons (Fsp3) is 0.216. The molecule has 0 radical (unpaired) electrons. The fourth-order valence-electron chi connectivity index (χ4n) is 3.64. The fourth-order valence-corrected chi connectivity index (χ4v) is 3.64. The van der Waals surface area contributed by atoms with Crippen molar-refractivity contribution in [3.05, 3.63) is 156 Å². The lowest BCUT2D eigenvalue weighted by Crippen LogP contribution is -2.21. The zero-order valence-electron chi connectivity index (χ0n) is 26.5. The number of amidine groups is 1. The van der Waals surface area contributed by atoms with E-state index in [1.54, 1.807) is 37.3 Å². The summed E-state index contributed by atoms with van der Waals surface area (Å²) in [7, 11) is 0. The van der Waals surface area contributed by atoms with Crippen molar-refractivity contribution in [1.29, 1.82) is 5.41 Å². The van der Waals surface area contributed by atoms with E-state index in [0.29, 0.717) is 40.3 Å². The van der Waals surface area contributed by atoms with Crippen LogP contribution in [0.4, 0.5) is 0 Å². The quantitative estimate of drug-likeness (QED) is 0.0604. The van der Waals surface area contributed by atoms with Gasteiger partial charge in [-0.25, -0.2) is 0 Å². The van der Waals surface area contributed by atoms with E-state index in [4.69, 9.17) is 21.6 Å². The highest BCUT2D eigenvalue weighted by Crippen LogP contribution is 2.20. The van der Waals surface area contributed by atoms with Crippen molar-refractivity contribution in [2.24, 2.45) is 16.5 Å². The summed E-state index contributed by atoms with van der Waals surface area (Å²) in [6, 6.07) is 9.20. The van der Waals surface area contributed by atoms with E-state index in [0.717, 1.165) is 30.7 Å². The first-order valence-corrected chi connectivity index (χ1v) is 14.6. The molecule has 0 unspecified atom stereocenters. The number of carbonyl (C=O) groups is 1. The Hall–Kier alpha value is -5.17.